The number of ketones is 1. The average Bonchev–Trinajstić information content (AvgIpc) is 3.01. The van der Waals surface area contributed by atoms with Gasteiger partial charge in [-0.25, -0.2) is 0 Å². The molecule has 0 aromatic rings. The SMILES string of the molecule is [CH2-]P(=O)(CC[C@@H]1C[C@H](O)CN1C(=O)CCCCCCCCC(C)=O)OCCO. The third-order valence-corrected chi connectivity index (χ3v) is 6.70. The number of β-amino-alcohol motifs (C(OH)–C–C–N with tert-alkyl or cyclic N) is 1. The maximum Gasteiger partial charge on any atom is 0.222 e. The molecular weight excluding hydrogens is 381 g/mol. The maximum atomic E-state index is 12.5. The van der Waals surface area contributed by atoms with Crippen LogP contribution in [0.15, 0.2) is 0 Å². The lowest BCUT2D eigenvalue weighted by atomic mass is 10.1. The minimum Gasteiger partial charge on any atom is -0.394 e. The van der Waals surface area contributed by atoms with Crippen molar-refractivity contribution in [3.8, 4) is 0 Å². The molecule has 0 bridgehead atoms. The predicted octanol–water partition coefficient (Wildman–Crippen LogP) is 3.13. The summed E-state index contributed by atoms with van der Waals surface area (Å²) in [6, 6.07) is -0.137. The number of amides is 1. The van der Waals surface area contributed by atoms with Gasteiger partial charge in [0.1, 0.15) is 5.78 Å². The monoisotopic (exact) mass is 418 g/mol. The van der Waals surface area contributed by atoms with Crippen LogP contribution in [0.2, 0.25) is 0 Å². The van der Waals surface area contributed by atoms with Gasteiger partial charge in [-0.3, -0.25) is 11.5 Å². The Morgan fingerprint density at radius 1 is 1.14 bits per heavy atom. The first kappa shape index (κ1) is 25.3. The highest BCUT2D eigenvalue weighted by molar-refractivity contribution is 7.60. The molecular formula is C20H37NO6P-. The largest absolute Gasteiger partial charge is 0.394 e. The van der Waals surface area contributed by atoms with Crippen LogP contribution < -0.4 is 0 Å². The van der Waals surface area contributed by atoms with Crippen molar-refractivity contribution in [3.05, 3.63) is 6.66 Å². The van der Waals surface area contributed by atoms with Gasteiger partial charge in [0.2, 0.25) is 5.91 Å². The van der Waals surface area contributed by atoms with Gasteiger partial charge in [0, 0.05) is 25.4 Å². The molecule has 8 heteroatoms. The lowest BCUT2D eigenvalue weighted by molar-refractivity contribution is -0.132. The molecule has 1 aliphatic rings. The van der Waals surface area contributed by atoms with Gasteiger partial charge in [-0.1, -0.05) is 25.7 Å². The highest BCUT2D eigenvalue weighted by atomic mass is 31.2. The van der Waals surface area contributed by atoms with E-state index in [0.29, 0.717) is 32.2 Å². The summed E-state index contributed by atoms with van der Waals surface area (Å²) < 4.78 is 17.3. The van der Waals surface area contributed by atoms with Gasteiger partial charge in [0.15, 0.2) is 0 Å². The molecule has 2 N–H and O–H groups in total. The Kier molecular flexibility index (Phi) is 12.2. The molecule has 28 heavy (non-hydrogen) atoms. The summed E-state index contributed by atoms with van der Waals surface area (Å²) in [5.74, 6) is 0.274. The number of carbonyl (C=O) groups is 2. The Labute approximate surface area is 169 Å². The summed E-state index contributed by atoms with van der Waals surface area (Å²) in [6.45, 7) is 5.33. The molecule has 1 fully saturated rings. The minimum atomic E-state index is -3.03. The molecule has 1 aliphatic heterocycles. The Balaban J connectivity index is 2.28. The van der Waals surface area contributed by atoms with Crippen molar-refractivity contribution in [2.75, 3.05) is 25.9 Å². The Morgan fingerprint density at radius 3 is 2.36 bits per heavy atom. The zero-order valence-electron chi connectivity index (χ0n) is 17.2. The summed E-state index contributed by atoms with van der Waals surface area (Å²) >= 11 is 0. The number of aliphatic hydroxyl groups excluding tert-OH is 2. The fourth-order valence-corrected chi connectivity index (χ4v) is 4.82. The van der Waals surface area contributed by atoms with Crippen LogP contribution in [0.3, 0.4) is 0 Å². The molecule has 164 valence electrons. The number of Topliss-reactive ketones (excluding diaryl/α,β-unsaturated/α-hetero) is 1. The van der Waals surface area contributed by atoms with Gasteiger partial charge in [-0.2, -0.15) is 0 Å². The minimum absolute atomic E-state index is 0.00847. The quantitative estimate of drug-likeness (QED) is 0.241. The summed E-state index contributed by atoms with van der Waals surface area (Å²) in [5, 5.41) is 18.7. The van der Waals surface area contributed by atoms with E-state index in [4.69, 9.17) is 9.63 Å². The molecule has 0 aromatic carbocycles. The van der Waals surface area contributed by atoms with Crippen LogP contribution in [-0.2, 0) is 18.7 Å². The van der Waals surface area contributed by atoms with E-state index in [0.717, 1.165) is 38.5 Å². The number of carbonyl (C=O) groups excluding carboxylic acids is 2. The molecule has 0 radical (unpaired) electrons. The van der Waals surface area contributed by atoms with Crippen molar-refractivity contribution in [1.29, 1.82) is 0 Å². The average molecular weight is 418 g/mol. The van der Waals surface area contributed by atoms with E-state index in [9.17, 15) is 19.3 Å². The van der Waals surface area contributed by atoms with E-state index < -0.39 is 13.5 Å². The Bertz CT molecular complexity index is 527. The van der Waals surface area contributed by atoms with Crippen LogP contribution in [0.5, 0.6) is 0 Å². The summed E-state index contributed by atoms with van der Waals surface area (Å²) in [6.07, 6.45) is 7.70. The fraction of sp³-hybridized carbons (Fsp3) is 0.850. The molecule has 1 amide bonds. The second-order valence-corrected chi connectivity index (χ2v) is 10.1. The zero-order valence-corrected chi connectivity index (χ0v) is 18.1. The van der Waals surface area contributed by atoms with Crippen LogP contribution >= 0.6 is 7.37 Å². The number of nitrogens with zero attached hydrogens (tertiary/aromatic N) is 1. The van der Waals surface area contributed by atoms with Crippen molar-refractivity contribution >= 4 is 19.1 Å². The van der Waals surface area contributed by atoms with Gasteiger partial charge in [-0.05, 0) is 38.8 Å². The van der Waals surface area contributed by atoms with E-state index in [-0.39, 0.29) is 37.1 Å². The van der Waals surface area contributed by atoms with Crippen molar-refractivity contribution in [1.82, 2.24) is 4.90 Å². The fourth-order valence-electron chi connectivity index (χ4n) is 3.59. The summed E-state index contributed by atoms with van der Waals surface area (Å²) in [5.41, 5.74) is 0. The molecule has 1 saturated heterocycles. The van der Waals surface area contributed by atoms with Gasteiger partial charge < -0.3 is 29.0 Å². The molecule has 1 rings (SSSR count). The number of unbranched alkanes of at least 4 members (excludes halogenated alkanes) is 5. The Morgan fingerprint density at radius 2 is 1.75 bits per heavy atom. The highest BCUT2D eigenvalue weighted by Gasteiger charge is 2.34. The lowest BCUT2D eigenvalue weighted by Gasteiger charge is -2.27. The molecule has 3 atom stereocenters. The van der Waals surface area contributed by atoms with E-state index in [1.165, 1.54) is 0 Å². The third kappa shape index (κ3) is 10.7. The first-order chi connectivity index (χ1) is 13.2. The smallest absolute Gasteiger partial charge is 0.222 e. The standard InChI is InChI=1S/C20H37NO6P/c1-17(23)9-7-5-3-4-6-8-10-20(25)21-16-19(24)15-18(21)11-14-28(2,26)27-13-12-22/h18-19,22,24H,2-16H2,1H3/q-1/t18-,19+,28?/m1/s1. The van der Waals surface area contributed by atoms with Crippen LogP contribution in [0.1, 0.15) is 71.1 Å². The first-order valence-corrected chi connectivity index (χ1v) is 12.4. The number of aliphatic hydroxyl groups is 2. The van der Waals surface area contributed by atoms with E-state index >= 15 is 0 Å². The molecule has 0 aromatic heterocycles. The van der Waals surface area contributed by atoms with Gasteiger partial charge in [0.25, 0.3) is 0 Å². The van der Waals surface area contributed by atoms with Crippen LogP contribution in [0.4, 0.5) is 0 Å². The topological polar surface area (TPSA) is 104 Å². The second-order valence-electron chi connectivity index (χ2n) is 7.80. The molecule has 1 heterocycles. The van der Waals surface area contributed by atoms with Crippen LogP contribution in [-0.4, -0.2) is 64.9 Å². The van der Waals surface area contributed by atoms with Gasteiger partial charge >= 0.3 is 0 Å². The molecule has 0 saturated carbocycles. The molecule has 1 unspecified atom stereocenters. The maximum absolute atomic E-state index is 12.5. The van der Waals surface area contributed by atoms with Crippen molar-refractivity contribution < 1.29 is 28.9 Å². The first-order valence-electron chi connectivity index (χ1n) is 10.4. The highest BCUT2D eigenvalue weighted by Crippen LogP contribution is 2.46. The summed E-state index contributed by atoms with van der Waals surface area (Å²) in [7, 11) is -3.03. The summed E-state index contributed by atoms with van der Waals surface area (Å²) in [4.78, 5) is 25.1. The van der Waals surface area contributed by atoms with Crippen LogP contribution in [0.25, 0.3) is 0 Å². The molecule has 0 aliphatic carbocycles. The molecule has 0 spiro atoms. The van der Waals surface area contributed by atoms with Crippen molar-refractivity contribution in [2.24, 2.45) is 0 Å². The molecule has 7 nitrogen and oxygen atoms in total. The van der Waals surface area contributed by atoms with Gasteiger partial charge in [0.05, 0.1) is 26.7 Å². The van der Waals surface area contributed by atoms with E-state index in [1.807, 2.05) is 0 Å². The number of hydrogen-bond acceptors (Lipinski definition) is 6. The van der Waals surface area contributed by atoms with Gasteiger partial charge in [-0.15, -0.1) is 0 Å². The zero-order chi connectivity index (χ0) is 21.0. The normalized spacial score (nSPS) is 21.6. The van der Waals surface area contributed by atoms with Crippen molar-refractivity contribution in [3.63, 3.8) is 0 Å². The van der Waals surface area contributed by atoms with E-state index in [1.54, 1.807) is 11.8 Å². The second kappa shape index (κ2) is 13.5. The van der Waals surface area contributed by atoms with E-state index in [2.05, 4.69) is 6.66 Å². The number of likely N-dealkylation sites (tertiary alicyclic amines) is 1. The Hall–Kier alpha value is -0.750. The number of rotatable bonds is 15. The number of hydrogen-bond donors (Lipinski definition) is 2. The van der Waals surface area contributed by atoms with Crippen molar-refractivity contribution in [2.45, 2.75) is 83.3 Å². The third-order valence-electron chi connectivity index (χ3n) is 5.10. The predicted molar refractivity (Wildman–Crippen MR) is 109 cm³/mol. The lowest BCUT2D eigenvalue weighted by Crippen LogP contribution is -2.36. The van der Waals surface area contributed by atoms with Crippen LogP contribution in [0, 0.1) is 6.66 Å².